The molecule has 3 N–H and O–H groups in total. The molecule has 0 saturated heterocycles. The van der Waals surface area contributed by atoms with Crippen LogP contribution in [0.4, 0.5) is 4.39 Å². The molecule has 5 heteroatoms. The van der Waals surface area contributed by atoms with E-state index in [2.05, 4.69) is 0 Å². The minimum Gasteiger partial charge on any atom is -0.497 e. The van der Waals surface area contributed by atoms with Crippen LogP contribution in [-0.2, 0) is 6.42 Å². The number of ether oxygens (including phenoxy) is 1. The molecule has 0 aliphatic heterocycles. The number of carbonyl (C=O) groups is 1. The highest BCUT2D eigenvalue weighted by atomic mass is 19.1. The van der Waals surface area contributed by atoms with E-state index in [9.17, 15) is 14.3 Å². The Morgan fingerprint density at radius 3 is 2.60 bits per heavy atom. The molecule has 3 rings (SSSR count). The maximum Gasteiger partial charge on any atom is 0.335 e. The van der Waals surface area contributed by atoms with Crippen LogP contribution >= 0.6 is 0 Å². The molecule has 25 heavy (non-hydrogen) atoms. The van der Waals surface area contributed by atoms with Gasteiger partial charge in [0.2, 0.25) is 0 Å². The Bertz CT molecular complexity index is 815. The lowest BCUT2D eigenvalue weighted by Gasteiger charge is -2.22. The molecule has 1 fully saturated rings. The van der Waals surface area contributed by atoms with Crippen LogP contribution in [0.1, 0.15) is 47.3 Å². The van der Waals surface area contributed by atoms with Gasteiger partial charge in [-0.3, -0.25) is 0 Å². The lowest BCUT2D eigenvalue weighted by molar-refractivity contribution is 0.0695. The Kier molecular flexibility index (Phi) is 4.77. The lowest BCUT2D eigenvalue weighted by atomic mass is 9.85. The highest BCUT2D eigenvalue weighted by Gasteiger charge is 2.34. The maximum absolute atomic E-state index is 14.5. The minimum atomic E-state index is -0.987. The number of rotatable bonds is 6. The number of carboxylic acid groups (broad SMARTS) is 1. The number of aromatic carboxylic acids is 1. The smallest absolute Gasteiger partial charge is 0.335 e. The van der Waals surface area contributed by atoms with Crippen molar-refractivity contribution in [2.24, 2.45) is 11.7 Å². The van der Waals surface area contributed by atoms with Gasteiger partial charge in [-0.2, -0.15) is 0 Å². The van der Waals surface area contributed by atoms with Gasteiger partial charge in [0, 0.05) is 11.6 Å². The van der Waals surface area contributed by atoms with Gasteiger partial charge in [0.25, 0.3) is 0 Å². The third kappa shape index (κ3) is 3.24. The van der Waals surface area contributed by atoms with Gasteiger partial charge in [-0.1, -0.05) is 13.0 Å². The van der Waals surface area contributed by atoms with Crippen LogP contribution in [0.2, 0.25) is 0 Å². The highest BCUT2D eigenvalue weighted by Crippen LogP contribution is 2.45. The average molecular weight is 343 g/mol. The number of halogens is 1. The topological polar surface area (TPSA) is 72.5 Å². The zero-order valence-electron chi connectivity index (χ0n) is 14.4. The van der Waals surface area contributed by atoms with E-state index >= 15 is 0 Å². The molecule has 0 aromatic heterocycles. The lowest BCUT2D eigenvalue weighted by Crippen LogP contribution is -2.18. The number of nitrogens with two attached hydrogens (primary N) is 1. The van der Waals surface area contributed by atoms with Crippen molar-refractivity contribution in [3.05, 3.63) is 52.8 Å². The summed E-state index contributed by atoms with van der Waals surface area (Å²) in [5, 5.41) is 9.52. The molecular formula is C20H22FNO3. The quantitative estimate of drug-likeness (QED) is 0.825. The van der Waals surface area contributed by atoms with Crippen LogP contribution in [0, 0.1) is 11.7 Å². The molecule has 132 valence electrons. The Balaban J connectivity index is 2.27. The molecule has 2 aromatic carbocycles. The summed E-state index contributed by atoms with van der Waals surface area (Å²) in [4.78, 5) is 11.6. The normalized spacial score (nSPS) is 15.0. The molecule has 0 amide bonds. The van der Waals surface area contributed by atoms with Crippen molar-refractivity contribution in [3.8, 4) is 16.9 Å². The van der Waals surface area contributed by atoms with Crippen molar-refractivity contribution in [1.82, 2.24) is 0 Å². The first kappa shape index (κ1) is 17.4. The molecule has 1 atom stereocenters. The van der Waals surface area contributed by atoms with Gasteiger partial charge < -0.3 is 15.6 Å². The fourth-order valence-electron chi connectivity index (χ4n) is 3.39. The summed E-state index contributed by atoms with van der Waals surface area (Å²) >= 11 is 0. The molecule has 0 spiro atoms. The number of methoxy groups -OCH3 is 1. The van der Waals surface area contributed by atoms with Gasteiger partial charge >= 0.3 is 5.97 Å². The van der Waals surface area contributed by atoms with E-state index in [0.717, 1.165) is 18.4 Å². The first-order chi connectivity index (χ1) is 12.0. The summed E-state index contributed by atoms with van der Waals surface area (Å²) in [6.45, 7) is 1.90. The first-order valence-corrected chi connectivity index (χ1v) is 8.46. The molecule has 0 bridgehead atoms. The van der Waals surface area contributed by atoms with Gasteiger partial charge in [-0.25, -0.2) is 9.18 Å². The van der Waals surface area contributed by atoms with E-state index in [0.29, 0.717) is 34.8 Å². The average Bonchev–Trinajstić information content (AvgIpc) is 3.45. The zero-order chi connectivity index (χ0) is 18.1. The van der Waals surface area contributed by atoms with Crippen LogP contribution in [-0.4, -0.2) is 18.2 Å². The van der Waals surface area contributed by atoms with Gasteiger partial charge in [0.05, 0.1) is 12.7 Å². The summed E-state index contributed by atoms with van der Waals surface area (Å²) in [5.41, 5.74) is 9.17. The standard InChI is InChI=1S/C20H22FNO3/c1-3-13-15(20(23)24)8-7-14(18(13)19(22)11-4-5-11)16-10-12(25-2)6-9-17(16)21/h6-11,19H,3-5,22H2,1-2H3,(H,23,24). The van der Waals surface area contributed by atoms with Crippen LogP contribution in [0.5, 0.6) is 5.75 Å². The fraction of sp³-hybridized carbons (Fsp3) is 0.350. The second kappa shape index (κ2) is 6.84. The molecular weight excluding hydrogens is 321 g/mol. The molecule has 0 heterocycles. The van der Waals surface area contributed by atoms with Gasteiger partial charge in [0.15, 0.2) is 0 Å². The van der Waals surface area contributed by atoms with Crippen molar-refractivity contribution in [3.63, 3.8) is 0 Å². The van der Waals surface area contributed by atoms with Gasteiger partial charge in [-0.15, -0.1) is 0 Å². The maximum atomic E-state index is 14.5. The van der Waals surface area contributed by atoms with Gasteiger partial charge in [-0.05, 0) is 66.1 Å². The van der Waals surface area contributed by atoms with E-state index in [1.54, 1.807) is 24.3 Å². The van der Waals surface area contributed by atoms with Crippen molar-refractivity contribution in [2.45, 2.75) is 32.2 Å². The Morgan fingerprint density at radius 1 is 1.32 bits per heavy atom. The van der Waals surface area contributed by atoms with Crippen molar-refractivity contribution in [2.75, 3.05) is 7.11 Å². The van der Waals surface area contributed by atoms with Crippen LogP contribution < -0.4 is 10.5 Å². The van der Waals surface area contributed by atoms with E-state index in [4.69, 9.17) is 10.5 Å². The van der Waals surface area contributed by atoms with Crippen LogP contribution in [0.3, 0.4) is 0 Å². The minimum absolute atomic E-state index is 0.237. The fourth-order valence-corrected chi connectivity index (χ4v) is 3.39. The first-order valence-electron chi connectivity index (χ1n) is 8.46. The number of benzene rings is 2. The van der Waals surface area contributed by atoms with Crippen LogP contribution in [0.25, 0.3) is 11.1 Å². The third-order valence-corrected chi connectivity index (χ3v) is 4.87. The van der Waals surface area contributed by atoms with Crippen molar-refractivity contribution in [1.29, 1.82) is 0 Å². The van der Waals surface area contributed by atoms with Crippen molar-refractivity contribution >= 4 is 5.97 Å². The summed E-state index contributed by atoms with van der Waals surface area (Å²) in [6.07, 6.45) is 2.56. The second-order valence-electron chi connectivity index (χ2n) is 6.42. The molecule has 1 aliphatic rings. The summed E-state index contributed by atoms with van der Waals surface area (Å²) in [5.74, 6) is -0.501. The van der Waals surface area contributed by atoms with Crippen molar-refractivity contribution < 1.29 is 19.0 Å². The van der Waals surface area contributed by atoms with E-state index in [1.807, 2.05) is 6.92 Å². The molecule has 1 unspecified atom stereocenters. The summed E-state index contributed by atoms with van der Waals surface area (Å²) < 4.78 is 19.8. The molecule has 0 radical (unpaired) electrons. The number of carboxylic acids is 1. The third-order valence-electron chi connectivity index (χ3n) is 4.87. The zero-order valence-corrected chi connectivity index (χ0v) is 14.4. The Morgan fingerprint density at radius 2 is 2.04 bits per heavy atom. The predicted octanol–water partition coefficient (Wildman–Crippen LogP) is 4.17. The monoisotopic (exact) mass is 343 g/mol. The predicted molar refractivity (Wildman–Crippen MR) is 94.4 cm³/mol. The highest BCUT2D eigenvalue weighted by molar-refractivity contribution is 5.91. The van der Waals surface area contributed by atoms with Crippen LogP contribution in [0.15, 0.2) is 30.3 Å². The molecule has 1 aliphatic carbocycles. The largest absolute Gasteiger partial charge is 0.497 e. The van der Waals surface area contributed by atoms with E-state index in [-0.39, 0.29) is 17.4 Å². The summed E-state index contributed by atoms with van der Waals surface area (Å²) in [7, 11) is 1.53. The van der Waals surface area contributed by atoms with Gasteiger partial charge in [0.1, 0.15) is 11.6 Å². The second-order valence-corrected chi connectivity index (χ2v) is 6.42. The molecule has 1 saturated carbocycles. The molecule has 4 nitrogen and oxygen atoms in total. The SMILES string of the molecule is CCc1c(C(=O)O)ccc(-c2cc(OC)ccc2F)c1C(N)C1CC1. The number of hydrogen-bond acceptors (Lipinski definition) is 3. The van der Waals surface area contributed by atoms with E-state index < -0.39 is 5.97 Å². The molecule has 2 aromatic rings. The Labute approximate surface area is 146 Å². The summed E-state index contributed by atoms with van der Waals surface area (Å²) in [6, 6.07) is 7.46. The Hall–Kier alpha value is -2.40. The number of hydrogen-bond donors (Lipinski definition) is 2. The van der Waals surface area contributed by atoms with E-state index in [1.165, 1.54) is 13.2 Å².